The summed E-state index contributed by atoms with van der Waals surface area (Å²) in [5.41, 5.74) is 0. The largest absolute Gasteiger partial charge is 0.0879 e. The van der Waals surface area contributed by atoms with E-state index in [2.05, 4.69) is 45.7 Å². The Hall–Kier alpha value is 0.960. The van der Waals surface area contributed by atoms with E-state index in [-0.39, 0.29) is 0 Å². The average molecular weight is 243 g/mol. The van der Waals surface area contributed by atoms with Gasteiger partial charge in [0, 0.05) is 9.65 Å². The Labute approximate surface area is 68.3 Å². The van der Waals surface area contributed by atoms with E-state index in [1.807, 2.05) is 0 Å². The summed E-state index contributed by atoms with van der Waals surface area (Å²) >= 11 is 7.01. The number of rotatable bonds is 3. The van der Waals surface area contributed by atoms with Crippen molar-refractivity contribution in [3.05, 3.63) is 6.92 Å². The lowest BCUT2D eigenvalue weighted by Crippen LogP contribution is -2.10. The van der Waals surface area contributed by atoms with Gasteiger partial charge >= 0.3 is 0 Å². The quantitative estimate of drug-likeness (QED) is 0.668. The molecule has 8 heavy (non-hydrogen) atoms. The molecule has 2 heteroatoms. The number of halogens is 2. The summed E-state index contributed by atoms with van der Waals surface area (Å²) in [6.07, 6.45) is 2.11. The second kappa shape index (κ2) is 4.80. The fourth-order valence-electron chi connectivity index (χ4n) is 0.437. The van der Waals surface area contributed by atoms with Crippen LogP contribution in [0.5, 0.6) is 0 Å². The van der Waals surface area contributed by atoms with E-state index in [9.17, 15) is 0 Å². The van der Waals surface area contributed by atoms with Gasteiger partial charge in [-0.3, -0.25) is 0 Å². The molecule has 0 aromatic rings. The van der Waals surface area contributed by atoms with Crippen LogP contribution in [0.25, 0.3) is 0 Å². The predicted molar refractivity (Wildman–Crippen MR) is 45.7 cm³/mol. The first kappa shape index (κ1) is 8.96. The lowest BCUT2D eigenvalue weighted by Gasteiger charge is -2.10. The number of hydrogen-bond acceptors (Lipinski definition) is 0. The van der Waals surface area contributed by atoms with Gasteiger partial charge in [0.05, 0.1) is 0 Å². The van der Waals surface area contributed by atoms with Gasteiger partial charge in [0.2, 0.25) is 0 Å². The third-order valence-corrected chi connectivity index (χ3v) is 4.15. The zero-order valence-corrected chi connectivity index (χ0v) is 8.20. The third-order valence-electron chi connectivity index (χ3n) is 1.06. The van der Waals surface area contributed by atoms with E-state index in [4.69, 9.17) is 0 Å². The number of alkyl halides is 2. The molecule has 0 aromatic carbocycles. The normalized spacial score (nSPS) is 18.0. The summed E-state index contributed by atoms with van der Waals surface area (Å²) < 4.78 is 0. The highest BCUT2D eigenvalue weighted by Crippen LogP contribution is 2.19. The van der Waals surface area contributed by atoms with E-state index in [0.29, 0.717) is 9.65 Å². The minimum absolute atomic E-state index is 0.535. The molecule has 2 atom stereocenters. The summed E-state index contributed by atoms with van der Waals surface area (Å²) in [5.74, 6) is 0. The van der Waals surface area contributed by atoms with Crippen molar-refractivity contribution in [2.24, 2.45) is 0 Å². The fraction of sp³-hybridized carbons (Fsp3) is 0.833. The minimum atomic E-state index is 0.535. The Morgan fingerprint density at radius 3 is 2.00 bits per heavy atom. The first-order valence-corrected chi connectivity index (χ1v) is 4.62. The highest BCUT2D eigenvalue weighted by atomic mass is 79.9. The summed E-state index contributed by atoms with van der Waals surface area (Å²) in [6.45, 7) is 5.93. The summed E-state index contributed by atoms with van der Waals surface area (Å²) in [5, 5.41) is 0. The minimum Gasteiger partial charge on any atom is -0.0879 e. The second-order valence-corrected chi connectivity index (χ2v) is 4.08. The van der Waals surface area contributed by atoms with Gasteiger partial charge in [-0.1, -0.05) is 45.7 Å². The molecule has 0 spiro atoms. The van der Waals surface area contributed by atoms with Crippen LogP contribution in [0.15, 0.2) is 0 Å². The molecule has 0 heterocycles. The molecule has 0 aromatic heterocycles. The van der Waals surface area contributed by atoms with Crippen LogP contribution < -0.4 is 0 Å². The first-order chi connectivity index (χ1) is 3.72. The van der Waals surface area contributed by atoms with E-state index in [1.165, 1.54) is 0 Å². The molecular formula is C6H11Br2. The topological polar surface area (TPSA) is 0 Å². The van der Waals surface area contributed by atoms with Crippen molar-refractivity contribution >= 4 is 31.9 Å². The van der Waals surface area contributed by atoms with Crippen LogP contribution >= 0.6 is 31.9 Å². The van der Waals surface area contributed by atoms with Crippen molar-refractivity contribution in [2.75, 3.05) is 0 Å². The molecule has 49 valence electrons. The Bertz CT molecular complexity index is 46.5. The summed E-state index contributed by atoms with van der Waals surface area (Å²) in [7, 11) is 0. The average Bonchev–Trinajstić information content (AvgIpc) is 1.84. The van der Waals surface area contributed by atoms with Crippen molar-refractivity contribution in [1.29, 1.82) is 0 Å². The first-order valence-electron chi connectivity index (χ1n) is 2.79. The third kappa shape index (κ3) is 3.08. The lowest BCUT2D eigenvalue weighted by molar-refractivity contribution is 0.786. The van der Waals surface area contributed by atoms with Gasteiger partial charge in [0.15, 0.2) is 0 Å². The standard InChI is InChI=1S/C6H11Br2/c1-3-5(7)6(8)4-2/h5-6H,1,3-4H2,2H3. The van der Waals surface area contributed by atoms with Crippen LogP contribution in [0.1, 0.15) is 19.8 Å². The molecule has 0 amide bonds. The molecule has 0 aliphatic carbocycles. The van der Waals surface area contributed by atoms with Crippen molar-refractivity contribution in [2.45, 2.75) is 29.4 Å². The van der Waals surface area contributed by atoms with Gasteiger partial charge in [0.25, 0.3) is 0 Å². The number of hydrogen-bond donors (Lipinski definition) is 0. The maximum absolute atomic E-state index is 3.78. The molecule has 0 rings (SSSR count). The zero-order valence-electron chi connectivity index (χ0n) is 5.03. The van der Waals surface area contributed by atoms with Gasteiger partial charge in [-0.15, -0.1) is 0 Å². The monoisotopic (exact) mass is 241 g/mol. The molecule has 2 unspecified atom stereocenters. The van der Waals surface area contributed by atoms with Crippen molar-refractivity contribution in [3.63, 3.8) is 0 Å². The summed E-state index contributed by atoms with van der Waals surface area (Å²) in [4.78, 5) is 1.12. The van der Waals surface area contributed by atoms with Gasteiger partial charge in [-0.25, -0.2) is 0 Å². The van der Waals surface area contributed by atoms with Crippen LogP contribution in [-0.4, -0.2) is 9.65 Å². The fourth-order valence-corrected chi connectivity index (χ4v) is 1.07. The molecule has 0 nitrogen and oxygen atoms in total. The van der Waals surface area contributed by atoms with Gasteiger partial charge in [0.1, 0.15) is 0 Å². The molecule has 0 saturated carbocycles. The Kier molecular flexibility index (Phi) is 5.38. The molecule has 0 saturated heterocycles. The van der Waals surface area contributed by atoms with E-state index in [0.717, 1.165) is 12.8 Å². The van der Waals surface area contributed by atoms with Crippen molar-refractivity contribution in [3.8, 4) is 0 Å². The van der Waals surface area contributed by atoms with E-state index >= 15 is 0 Å². The SMILES string of the molecule is [CH2]CC(Br)C(Br)CC. The Balaban J connectivity index is 3.29. The molecular weight excluding hydrogens is 232 g/mol. The molecule has 0 aliphatic heterocycles. The molecule has 0 bridgehead atoms. The maximum Gasteiger partial charge on any atom is 0.0271 e. The lowest BCUT2D eigenvalue weighted by atomic mass is 10.2. The molecule has 0 fully saturated rings. The van der Waals surface area contributed by atoms with Gasteiger partial charge in [-0.05, 0) is 12.8 Å². The van der Waals surface area contributed by atoms with Crippen molar-refractivity contribution in [1.82, 2.24) is 0 Å². The molecule has 1 radical (unpaired) electrons. The zero-order chi connectivity index (χ0) is 6.57. The molecule has 0 N–H and O–H groups in total. The summed E-state index contributed by atoms with van der Waals surface area (Å²) in [6, 6.07) is 0. The van der Waals surface area contributed by atoms with Crippen LogP contribution in [-0.2, 0) is 0 Å². The highest BCUT2D eigenvalue weighted by molar-refractivity contribution is 9.12. The van der Waals surface area contributed by atoms with Crippen LogP contribution in [0.2, 0.25) is 0 Å². The second-order valence-electron chi connectivity index (χ2n) is 1.73. The maximum atomic E-state index is 3.78. The van der Waals surface area contributed by atoms with Crippen LogP contribution in [0.4, 0.5) is 0 Å². The van der Waals surface area contributed by atoms with E-state index in [1.54, 1.807) is 0 Å². The Morgan fingerprint density at radius 1 is 1.38 bits per heavy atom. The van der Waals surface area contributed by atoms with Gasteiger partial charge < -0.3 is 0 Å². The van der Waals surface area contributed by atoms with Crippen LogP contribution in [0.3, 0.4) is 0 Å². The predicted octanol–water partition coefficient (Wildman–Crippen LogP) is 3.15. The van der Waals surface area contributed by atoms with E-state index < -0.39 is 0 Å². The smallest absolute Gasteiger partial charge is 0.0271 e. The van der Waals surface area contributed by atoms with Gasteiger partial charge in [-0.2, -0.15) is 0 Å². The van der Waals surface area contributed by atoms with Crippen molar-refractivity contribution < 1.29 is 0 Å². The Morgan fingerprint density at radius 2 is 1.88 bits per heavy atom. The highest BCUT2D eigenvalue weighted by Gasteiger charge is 2.09. The van der Waals surface area contributed by atoms with Crippen LogP contribution in [0, 0.1) is 6.92 Å². The molecule has 0 aliphatic rings.